The van der Waals surface area contributed by atoms with Crippen LogP contribution >= 0.6 is 11.6 Å². The minimum absolute atomic E-state index is 0.143. The van der Waals surface area contributed by atoms with E-state index in [4.69, 9.17) is 11.6 Å². The summed E-state index contributed by atoms with van der Waals surface area (Å²) in [5.41, 5.74) is 3.41. The summed E-state index contributed by atoms with van der Waals surface area (Å²) in [6, 6.07) is 7.39. The molecule has 33 heavy (non-hydrogen) atoms. The molecular weight excluding hydrogens is 438 g/mol. The molecule has 0 radical (unpaired) electrons. The highest BCUT2D eigenvalue weighted by Gasteiger charge is 2.20. The third-order valence-corrected chi connectivity index (χ3v) is 6.33. The van der Waals surface area contributed by atoms with Crippen LogP contribution in [0, 0.1) is 6.92 Å². The van der Waals surface area contributed by atoms with E-state index in [-0.39, 0.29) is 11.9 Å². The normalized spacial score (nSPS) is 13.8. The van der Waals surface area contributed by atoms with Gasteiger partial charge in [0.15, 0.2) is 11.5 Å². The maximum absolute atomic E-state index is 13.3. The molecule has 9 heteroatoms. The number of benzene rings is 1. The quantitative estimate of drug-likeness (QED) is 0.448. The van der Waals surface area contributed by atoms with Gasteiger partial charge in [-0.05, 0) is 57.9 Å². The average molecular weight is 464 g/mol. The van der Waals surface area contributed by atoms with Crippen LogP contribution in [0.5, 0.6) is 0 Å². The van der Waals surface area contributed by atoms with Crippen molar-refractivity contribution in [1.82, 2.24) is 29.5 Å². The topological polar surface area (TPSA) is 90.5 Å². The van der Waals surface area contributed by atoms with Gasteiger partial charge in [-0.2, -0.15) is 5.10 Å². The van der Waals surface area contributed by atoms with Crippen molar-refractivity contribution < 1.29 is 4.79 Å². The highest BCUT2D eigenvalue weighted by Crippen LogP contribution is 2.32. The molecule has 170 valence electrons. The summed E-state index contributed by atoms with van der Waals surface area (Å²) in [7, 11) is 0. The van der Waals surface area contributed by atoms with Crippen molar-refractivity contribution in [3.8, 4) is 11.4 Å². The third-order valence-electron chi connectivity index (χ3n) is 6.00. The first-order valence-corrected chi connectivity index (χ1v) is 11.7. The van der Waals surface area contributed by atoms with Crippen molar-refractivity contribution in [2.75, 3.05) is 5.32 Å². The maximum atomic E-state index is 13.3. The molecule has 1 aliphatic heterocycles. The molecule has 0 unspecified atom stereocenters. The number of aromatic nitrogens is 6. The number of amides is 1. The minimum Gasteiger partial charge on any atom is -0.322 e. The molecule has 0 bridgehead atoms. The zero-order chi connectivity index (χ0) is 23.1. The van der Waals surface area contributed by atoms with Crippen LogP contribution in [0.1, 0.15) is 61.0 Å². The predicted molar refractivity (Wildman–Crippen MR) is 129 cm³/mol. The fourth-order valence-electron chi connectivity index (χ4n) is 4.37. The molecular formula is C24H26ClN7O. The van der Waals surface area contributed by atoms with Crippen LogP contribution in [0.4, 0.5) is 5.69 Å². The van der Waals surface area contributed by atoms with Crippen LogP contribution < -0.4 is 5.32 Å². The first-order valence-electron chi connectivity index (χ1n) is 11.3. The van der Waals surface area contributed by atoms with E-state index in [0.29, 0.717) is 21.9 Å². The number of carbonyl (C=O) groups is 1. The smallest absolute Gasteiger partial charge is 0.256 e. The van der Waals surface area contributed by atoms with E-state index in [1.807, 2.05) is 31.5 Å². The molecule has 0 saturated heterocycles. The van der Waals surface area contributed by atoms with E-state index >= 15 is 0 Å². The van der Waals surface area contributed by atoms with E-state index < -0.39 is 0 Å². The SMILES string of the molecule is Cc1cc(C(=O)Nc2ccc(Cl)c(-c3nnc4n3CCCCC4)c2)c2cnn(C(C)C)c2n1. The summed E-state index contributed by atoms with van der Waals surface area (Å²) in [6.07, 6.45) is 6.01. The van der Waals surface area contributed by atoms with Gasteiger partial charge in [-0.3, -0.25) is 4.79 Å². The van der Waals surface area contributed by atoms with Gasteiger partial charge in [-0.15, -0.1) is 10.2 Å². The number of hydrogen-bond acceptors (Lipinski definition) is 5. The number of fused-ring (bicyclic) bond motifs is 2. The van der Waals surface area contributed by atoms with Crippen molar-refractivity contribution in [3.05, 3.63) is 52.6 Å². The highest BCUT2D eigenvalue weighted by atomic mass is 35.5. The van der Waals surface area contributed by atoms with Crippen LogP contribution in [-0.4, -0.2) is 35.4 Å². The van der Waals surface area contributed by atoms with Gasteiger partial charge in [0.25, 0.3) is 5.91 Å². The number of halogens is 1. The molecule has 3 aromatic heterocycles. The zero-order valence-electron chi connectivity index (χ0n) is 19.0. The van der Waals surface area contributed by atoms with Crippen molar-refractivity contribution in [2.45, 2.75) is 59.0 Å². The van der Waals surface area contributed by atoms with Crippen molar-refractivity contribution >= 4 is 34.2 Å². The summed E-state index contributed by atoms with van der Waals surface area (Å²) in [4.78, 5) is 17.9. The number of rotatable bonds is 4. The Morgan fingerprint density at radius 2 is 2.00 bits per heavy atom. The molecule has 1 aliphatic rings. The molecule has 1 aromatic carbocycles. The molecule has 4 aromatic rings. The first kappa shape index (κ1) is 21.6. The van der Waals surface area contributed by atoms with E-state index in [1.54, 1.807) is 24.4 Å². The number of nitrogens with one attached hydrogen (secondary N) is 1. The van der Waals surface area contributed by atoms with Crippen LogP contribution in [0.25, 0.3) is 22.4 Å². The Bertz CT molecular complexity index is 1350. The predicted octanol–water partition coefficient (Wildman–Crippen LogP) is 5.21. The van der Waals surface area contributed by atoms with Crippen molar-refractivity contribution in [1.29, 1.82) is 0 Å². The van der Waals surface area contributed by atoms with Gasteiger partial charge in [0.05, 0.1) is 22.2 Å². The molecule has 4 heterocycles. The first-order chi connectivity index (χ1) is 15.9. The Hall–Kier alpha value is -3.26. The lowest BCUT2D eigenvalue weighted by Crippen LogP contribution is -2.13. The lowest BCUT2D eigenvalue weighted by molar-refractivity contribution is 0.102. The Morgan fingerprint density at radius 3 is 2.82 bits per heavy atom. The number of pyridine rings is 1. The van der Waals surface area contributed by atoms with E-state index in [1.165, 1.54) is 6.42 Å². The van der Waals surface area contributed by atoms with Crippen LogP contribution in [0.2, 0.25) is 5.02 Å². The second-order valence-corrected chi connectivity index (χ2v) is 9.19. The molecule has 1 amide bonds. The van der Waals surface area contributed by atoms with E-state index in [2.05, 4.69) is 30.2 Å². The Kier molecular flexibility index (Phi) is 5.62. The maximum Gasteiger partial charge on any atom is 0.256 e. The fourth-order valence-corrected chi connectivity index (χ4v) is 4.57. The van der Waals surface area contributed by atoms with Gasteiger partial charge in [0.2, 0.25) is 0 Å². The molecule has 0 saturated carbocycles. The molecule has 0 atom stereocenters. The standard InChI is InChI=1S/C24H26ClN7O/c1-14(2)32-22-19(13-26-32)17(11-15(3)27-22)24(33)28-16-8-9-20(25)18(12-16)23-30-29-21-7-5-4-6-10-31(21)23/h8-9,11-14H,4-7,10H2,1-3H3,(H,28,33). The molecule has 1 N–H and O–H groups in total. The lowest BCUT2D eigenvalue weighted by atomic mass is 10.1. The molecule has 5 rings (SSSR count). The number of anilines is 1. The zero-order valence-corrected chi connectivity index (χ0v) is 19.7. The Labute approximate surface area is 197 Å². The van der Waals surface area contributed by atoms with Gasteiger partial charge in [0, 0.05) is 36.0 Å². The number of hydrogen-bond donors (Lipinski definition) is 1. The Balaban J connectivity index is 1.49. The lowest BCUT2D eigenvalue weighted by Gasteiger charge is -2.12. The highest BCUT2D eigenvalue weighted by molar-refractivity contribution is 6.33. The largest absolute Gasteiger partial charge is 0.322 e. The van der Waals surface area contributed by atoms with Crippen molar-refractivity contribution in [2.24, 2.45) is 0 Å². The van der Waals surface area contributed by atoms with Crippen LogP contribution in [0.15, 0.2) is 30.5 Å². The average Bonchev–Trinajstić information content (AvgIpc) is 3.31. The summed E-state index contributed by atoms with van der Waals surface area (Å²) in [6.45, 7) is 6.83. The number of carbonyl (C=O) groups excluding carboxylic acids is 1. The van der Waals surface area contributed by atoms with E-state index in [0.717, 1.165) is 54.1 Å². The molecule has 8 nitrogen and oxygen atoms in total. The molecule has 0 spiro atoms. The fraction of sp³-hybridized carbons (Fsp3) is 0.375. The molecule has 0 aliphatic carbocycles. The van der Waals surface area contributed by atoms with Crippen LogP contribution in [-0.2, 0) is 13.0 Å². The van der Waals surface area contributed by atoms with Gasteiger partial charge in [-0.1, -0.05) is 18.0 Å². The van der Waals surface area contributed by atoms with Gasteiger partial charge >= 0.3 is 0 Å². The van der Waals surface area contributed by atoms with Gasteiger partial charge in [0.1, 0.15) is 5.82 Å². The number of nitrogens with zero attached hydrogens (tertiary/aromatic N) is 6. The summed E-state index contributed by atoms with van der Waals surface area (Å²) in [5, 5.41) is 17.6. The monoisotopic (exact) mass is 463 g/mol. The van der Waals surface area contributed by atoms with Gasteiger partial charge in [-0.25, -0.2) is 9.67 Å². The second-order valence-electron chi connectivity index (χ2n) is 8.78. The van der Waals surface area contributed by atoms with E-state index in [9.17, 15) is 4.79 Å². The number of aryl methyl sites for hydroxylation is 2. The molecule has 0 fully saturated rings. The second kappa shape index (κ2) is 8.59. The summed E-state index contributed by atoms with van der Waals surface area (Å²) >= 11 is 6.54. The Morgan fingerprint density at radius 1 is 1.15 bits per heavy atom. The minimum atomic E-state index is -0.220. The van der Waals surface area contributed by atoms with Crippen molar-refractivity contribution in [3.63, 3.8) is 0 Å². The van der Waals surface area contributed by atoms with Crippen LogP contribution in [0.3, 0.4) is 0 Å². The third kappa shape index (κ3) is 3.99. The summed E-state index contributed by atoms with van der Waals surface area (Å²) in [5.74, 6) is 1.51. The summed E-state index contributed by atoms with van der Waals surface area (Å²) < 4.78 is 3.98. The van der Waals surface area contributed by atoms with Gasteiger partial charge < -0.3 is 9.88 Å².